The van der Waals surface area contributed by atoms with Crippen molar-refractivity contribution in [2.75, 3.05) is 6.61 Å². The number of nitrogens with zero attached hydrogens (tertiary/aromatic N) is 5. The number of hydrogen-bond acceptors (Lipinski definition) is 4. The van der Waals surface area contributed by atoms with E-state index in [4.69, 9.17) is 21.9 Å². The third-order valence-electron chi connectivity index (χ3n) is 3.12. The van der Waals surface area contributed by atoms with Crippen molar-refractivity contribution < 1.29 is 13.5 Å². The van der Waals surface area contributed by atoms with E-state index in [1.165, 1.54) is 12.4 Å². The van der Waals surface area contributed by atoms with E-state index in [1.54, 1.807) is 19.9 Å². The molecule has 0 spiro atoms. The fourth-order valence-corrected chi connectivity index (χ4v) is 2.21. The molecule has 0 saturated heterocycles. The Balaban J connectivity index is 2.61. The minimum Gasteiger partial charge on any atom is -0.471 e. The van der Waals surface area contributed by atoms with E-state index in [0.29, 0.717) is 16.3 Å². The molecule has 0 radical (unpaired) electrons. The molecule has 2 heterocycles. The molecule has 0 fully saturated rings. The maximum Gasteiger partial charge on any atom is 0.278 e. The van der Waals surface area contributed by atoms with Crippen LogP contribution < -0.4 is 4.74 Å². The second-order valence-corrected chi connectivity index (χ2v) is 6.02. The monoisotopic (exact) mass is 341 g/mol. The highest BCUT2D eigenvalue weighted by molar-refractivity contribution is 6.30. The highest BCUT2D eigenvalue weighted by Crippen LogP contribution is 2.35. The van der Waals surface area contributed by atoms with Crippen molar-refractivity contribution in [3.8, 4) is 5.88 Å². The van der Waals surface area contributed by atoms with Gasteiger partial charge in [-0.05, 0) is 22.5 Å². The Labute approximate surface area is 136 Å². The van der Waals surface area contributed by atoms with E-state index in [-0.39, 0.29) is 11.0 Å². The van der Waals surface area contributed by atoms with Crippen LogP contribution in [0.1, 0.15) is 26.3 Å². The quantitative estimate of drug-likeness (QED) is 0.337. The summed E-state index contributed by atoms with van der Waals surface area (Å²) in [6, 6.07) is 1.56. The summed E-state index contributed by atoms with van der Waals surface area (Å²) in [6.45, 7) is 3.36. The first kappa shape index (κ1) is 17.2. The minimum absolute atomic E-state index is 0.0196. The third-order valence-corrected chi connectivity index (χ3v) is 3.32. The Morgan fingerprint density at radius 1 is 1.26 bits per heavy atom. The molecule has 0 aliphatic carbocycles. The molecule has 0 aliphatic rings. The zero-order chi connectivity index (χ0) is 17.3. The van der Waals surface area contributed by atoms with Gasteiger partial charge >= 0.3 is 0 Å². The number of rotatable bonds is 5. The lowest BCUT2D eigenvalue weighted by molar-refractivity contribution is -0.0237. The van der Waals surface area contributed by atoms with Gasteiger partial charge in [0.15, 0.2) is 6.61 Å². The molecule has 0 amide bonds. The number of fused-ring (bicyclic) bond motifs is 1. The molecule has 0 aromatic carbocycles. The zero-order valence-electron chi connectivity index (χ0n) is 12.7. The van der Waals surface area contributed by atoms with Gasteiger partial charge in [-0.2, -0.15) is 0 Å². The van der Waals surface area contributed by atoms with Crippen LogP contribution >= 0.6 is 11.6 Å². The molecule has 0 N–H and O–H groups in total. The van der Waals surface area contributed by atoms with Crippen LogP contribution in [0.5, 0.6) is 5.88 Å². The van der Waals surface area contributed by atoms with Crippen LogP contribution in [-0.4, -0.2) is 22.5 Å². The highest BCUT2D eigenvalue weighted by Gasteiger charge is 2.26. The second kappa shape index (κ2) is 6.14. The van der Waals surface area contributed by atoms with Gasteiger partial charge in [0.1, 0.15) is 5.15 Å². The first-order valence-electron chi connectivity index (χ1n) is 6.66. The van der Waals surface area contributed by atoms with Crippen molar-refractivity contribution in [3.05, 3.63) is 39.6 Å². The van der Waals surface area contributed by atoms with Crippen molar-refractivity contribution in [2.24, 2.45) is 5.11 Å². The molecule has 6 nitrogen and oxygen atoms in total. The molecule has 2 rings (SSSR count). The largest absolute Gasteiger partial charge is 0.471 e. The Hall–Kier alpha value is -2.18. The van der Waals surface area contributed by atoms with Gasteiger partial charge in [-0.1, -0.05) is 30.6 Å². The number of pyridine rings is 2. The number of ether oxygens (including phenoxy) is 1. The number of halogens is 3. The fourth-order valence-electron chi connectivity index (χ4n) is 2.05. The molecule has 2 aromatic heterocycles. The van der Waals surface area contributed by atoms with E-state index in [2.05, 4.69) is 20.0 Å². The second-order valence-electron chi connectivity index (χ2n) is 5.64. The lowest BCUT2D eigenvalue weighted by Gasteiger charge is -2.21. The molecular formula is C14H14ClF2N5O. The molecular weight excluding hydrogens is 328 g/mol. The first-order valence-corrected chi connectivity index (χ1v) is 7.03. The topological polar surface area (TPSA) is 83.8 Å². The Morgan fingerprint density at radius 3 is 2.57 bits per heavy atom. The Morgan fingerprint density at radius 2 is 1.96 bits per heavy atom. The number of alkyl halides is 2. The Bertz CT molecular complexity index is 785. The van der Waals surface area contributed by atoms with Gasteiger partial charge in [-0.25, -0.2) is 18.7 Å². The predicted octanol–water partition coefficient (Wildman–Crippen LogP) is 4.86. The normalized spacial score (nSPS) is 12.1. The number of aromatic nitrogens is 2. The van der Waals surface area contributed by atoms with E-state index in [9.17, 15) is 8.78 Å². The summed E-state index contributed by atoms with van der Waals surface area (Å²) in [4.78, 5) is 10.8. The van der Waals surface area contributed by atoms with Gasteiger partial charge in [0.2, 0.25) is 5.88 Å². The number of hydrogen-bond donors (Lipinski definition) is 0. The summed E-state index contributed by atoms with van der Waals surface area (Å²) in [5.41, 5.74) is 8.39. The average molecular weight is 342 g/mol. The van der Waals surface area contributed by atoms with E-state index in [1.807, 2.05) is 0 Å². The van der Waals surface area contributed by atoms with Crippen LogP contribution in [0.2, 0.25) is 5.15 Å². The number of azide groups is 1. The van der Waals surface area contributed by atoms with Crippen LogP contribution in [0.4, 0.5) is 8.78 Å². The Kier molecular flexibility index (Phi) is 4.58. The minimum atomic E-state index is -2.99. The van der Waals surface area contributed by atoms with Crippen molar-refractivity contribution in [2.45, 2.75) is 32.2 Å². The standard InChI is InChI=1S/C14H14ClF2N5O/c1-13(2,21-22-18)10-6-20-12(23-7-14(3,16)17)9-5-19-11(15)4-8(9)10/h4-6H,7H2,1-3H3. The lowest BCUT2D eigenvalue weighted by atomic mass is 9.93. The van der Waals surface area contributed by atoms with Gasteiger partial charge in [-0.3, -0.25) is 0 Å². The summed E-state index contributed by atoms with van der Waals surface area (Å²) < 4.78 is 31.1. The molecule has 0 aliphatic heterocycles. The first-order chi connectivity index (χ1) is 10.6. The summed E-state index contributed by atoms with van der Waals surface area (Å²) in [6.07, 6.45) is 2.82. The van der Waals surface area contributed by atoms with Crippen molar-refractivity contribution in [1.82, 2.24) is 9.97 Å². The fraction of sp³-hybridized carbons (Fsp3) is 0.429. The van der Waals surface area contributed by atoms with Gasteiger partial charge < -0.3 is 4.74 Å². The lowest BCUT2D eigenvalue weighted by Crippen LogP contribution is -2.21. The molecule has 9 heteroatoms. The van der Waals surface area contributed by atoms with Crippen LogP contribution in [-0.2, 0) is 5.54 Å². The zero-order valence-corrected chi connectivity index (χ0v) is 13.5. The summed E-state index contributed by atoms with van der Waals surface area (Å²) in [7, 11) is 0. The average Bonchev–Trinajstić information content (AvgIpc) is 2.43. The maximum atomic E-state index is 13.0. The molecule has 0 unspecified atom stereocenters. The third kappa shape index (κ3) is 3.97. The van der Waals surface area contributed by atoms with Gasteiger partial charge in [-0.15, -0.1) is 0 Å². The smallest absolute Gasteiger partial charge is 0.278 e. The van der Waals surface area contributed by atoms with E-state index >= 15 is 0 Å². The van der Waals surface area contributed by atoms with Crippen molar-refractivity contribution >= 4 is 22.4 Å². The molecule has 0 bridgehead atoms. The van der Waals surface area contributed by atoms with Crippen molar-refractivity contribution in [3.63, 3.8) is 0 Å². The molecule has 23 heavy (non-hydrogen) atoms. The molecule has 0 saturated carbocycles. The molecule has 2 aromatic rings. The summed E-state index contributed by atoms with van der Waals surface area (Å²) in [5.74, 6) is -2.97. The van der Waals surface area contributed by atoms with Gasteiger partial charge in [0, 0.05) is 24.2 Å². The van der Waals surface area contributed by atoms with Gasteiger partial charge in [0.25, 0.3) is 5.92 Å². The SMILES string of the molecule is CC(F)(F)COc1ncc(C(C)(C)N=[N+]=[N-])c2cc(Cl)ncc12. The van der Waals surface area contributed by atoms with Crippen LogP contribution in [0.25, 0.3) is 21.2 Å². The van der Waals surface area contributed by atoms with Gasteiger partial charge in [0.05, 0.1) is 10.9 Å². The van der Waals surface area contributed by atoms with Crippen molar-refractivity contribution in [1.29, 1.82) is 0 Å². The molecule has 0 atom stereocenters. The molecule has 122 valence electrons. The predicted molar refractivity (Wildman–Crippen MR) is 82.8 cm³/mol. The summed E-state index contributed by atoms with van der Waals surface area (Å²) >= 11 is 5.92. The van der Waals surface area contributed by atoms with Crippen LogP contribution in [0.15, 0.2) is 23.6 Å². The maximum absolute atomic E-state index is 13.0. The summed E-state index contributed by atoms with van der Waals surface area (Å²) in [5, 5.41) is 4.94. The van der Waals surface area contributed by atoms with E-state index < -0.39 is 18.1 Å². The van der Waals surface area contributed by atoms with Crippen LogP contribution in [0.3, 0.4) is 0 Å². The highest BCUT2D eigenvalue weighted by atomic mass is 35.5. The van der Waals surface area contributed by atoms with Crippen LogP contribution in [0, 0.1) is 0 Å². The van der Waals surface area contributed by atoms with E-state index in [0.717, 1.165) is 6.92 Å².